The van der Waals surface area contributed by atoms with Crippen molar-refractivity contribution in [3.8, 4) is 0 Å². The fraction of sp³-hybridized carbons (Fsp3) is 0.462. The number of methoxy groups -OCH3 is 1. The number of nitrogens with one attached hydrogen (secondary N) is 1. The van der Waals surface area contributed by atoms with E-state index in [-0.39, 0.29) is 23.6 Å². The van der Waals surface area contributed by atoms with Gasteiger partial charge >= 0.3 is 5.97 Å². The van der Waals surface area contributed by atoms with Crippen molar-refractivity contribution >= 4 is 16.0 Å². The first kappa shape index (κ1) is 15.9. The Kier molecular flexibility index (Phi) is 4.62. The summed E-state index contributed by atoms with van der Waals surface area (Å²) in [5.74, 6) is -0.616. The number of hydrogen-bond acceptors (Lipinski definition) is 6. The first-order valence-corrected chi connectivity index (χ1v) is 7.83. The molecule has 1 atom stereocenters. The van der Waals surface area contributed by atoms with Crippen molar-refractivity contribution in [2.45, 2.75) is 16.9 Å². The molecule has 0 saturated carbocycles. The Balaban J connectivity index is 2.14. The van der Waals surface area contributed by atoms with Gasteiger partial charge in [-0.3, -0.25) is 0 Å². The summed E-state index contributed by atoms with van der Waals surface area (Å²) in [6.45, 7) is 0.353. The molecule has 1 saturated heterocycles. The summed E-state index contributed by atoms with van der Waals surface area (Å²) in [5.41, 5.74) is -1.05. The van der Waals surface area contributed by atoms with Crippen LogP contribution in [-0.4, -0.2) is 52.0 Å². The molecule has 0 radical (unpaired) electrons. The molecule has 0 bridgehead atoms. The van der Waals surface area contributed by atoms with Crippen LogP contribution >= 0.6 is 0 Å². The van der Waals surface area contributed by atoms with Gasteiger partial charge in [-0.05, 0) is 18.2 Å². The van der Waals surface area contributed by atoms with Crippen molar-refractivity contribution < 1.29 is 27.8 Å². The fourth-order valence-electron chi connectivity index (χ4n) is 1.96. The lowest BCUT2D eigenvalue weighted by atomic mass is 10.1. The van der Waals surface area contributed by atoms with Gasteiger partial charge in [0.05, 0.1) is 24.2 Å². The molecular formula is C13H17NO6S. The maximum absolute atomic E-state index is 12.2. The van der Waals surface area contributed by atoms with Gasteiger partial charge in [0.25, 0.3) is 0 Å². The normalized spacial score (nSPS) is 22.2. The summed E-state index contributed by atoms with van der Waals surface area (Å²) in [6, 6.07) is 5.50. The zero-order valence-corrected chi connectivity index (χ0v) is 12.4. The van der Waals surface area contributed by atoms with Gasteiger partial charge < -0.3 is 14.6 Å². The topological polar surface area (TPSA) is 102 Å². The first-order valence-electron chi connectivity index (χ1n) is 6.34. The predicted octanol–water partition coefficient (Wildman–Crippen LogP) is -0.0971. The average molecular weight is 315 g/mol. The molecule has 8 heteroatoms. The number of hydrogen-bond donors (Lipinski definition) is 2. The Morgan fingerprint density at radius 2 is 2.29 bits per heavy atom. The van der Waals surface area contributed by atoms with Crippen molar-refractivity contribution in [2.24, 2.45) is 0 Å². The highest BCUT2D eigenvalue weighted by molar-refractivity contribution is 7.89. The van der Waals surface area contributed by atoms with E-state index in [4.69, 9.17) is 4.74 Å². The van der Waals surface area contributed by atoms with E-state index in [0.717, 1.165) is 0 Å². The summed E-state index contributed by atoms with van der Waals surface area (Å²) in [5, 5.41) is 10.1. The predicted molar refractivity (Wildman–Crippen MR) is 73.4 cm³/mol. The Morgan fingerprint density at radius 1 is 1.52 bits per heavy atom. The molecule has 1 heterocycles. The molecule has 1 aliphatic rings. The van der Waals surface area contributed by atoms with Crippen LogP contribution in [0.15, 0.2) is 29.2 Å². The summed E-state index contributed by atoms with van der Waals surface area (Å²) in [7, 11) is -2.60. The quantitative estimate of drug-likeness (QED) is 0.736. The number of carbonyl (C=O) groups is 1. The van der Waals surface area contributed by atoms with Crippen molar-refractivity contribution in [3.63, 3.8) is 0 Å². The first-order chi connectivity index (χ1) is 9.86. The number of benzene rings is 1. The molecule has 1 aromatic carbocycles. The Bertz CT molecular complexity index is 621. The minimum Gasteiger partial charge on any atom is -0.465 e. The highest BCUT2D eigenvalue weighted by Gasteiger charge is 2.33. The number of esters is 1. The van der Waals surface area contributed by atoms with Crippen molar-refractivity contribution in [1.82, 2.24) is 4.72 Å². The van der Waals surface area contributed by atoms with E-state index in [1.807, 2.05) is 0 Å². The van der Waals surface area contributed by atoms with Crippen molar-refractivity contribution in [2.75, 3.05) is 26.9 Å². The van der Waals surface area contributed by atoms with E-state index in [1.54, 1.807) is 0 Å². The molecule has 1 fully saturated rings. The zero-order valence-electron chi connectivity index (χ0n) is 11.5. The third-order valence-electron chi connectivity index (χ3n) is 3.24. The molecule has 1 unspecified atom stereocenters. The molecule has 0 amide bonds. The van der Waals surface area contributed by atoms with Crippen LogP contribution in [0.25, 0.3) is 0 Å². The van der Waals surface area contributed by atoms with E-state index >= 15 is 0 Å². The molecule has 7 nitrogen and oxygen atoms in total. The maximum Gasteiger partial charge on any atom is 0.337 e. The van der Waals surface area contributed by atoms with Gasteiger partial charge in [0.1, 0.15) is 5.60 Å². The van der Waals surface area contributed by atoms with Crippen LogP contribution < -0.4 is 4.72 Å². The standard InChI is InChI=1S/C13H17NO6S/c1-19-12(15)10-3-2-4-11(7-10)21(17,18)14-8-13(16)5-6-20-9-13/h2-4,7,14,16H,5-6,8-9H2,1H3. The Hall–Kier alpha value is -1.48. The van der Waals surface area contributed by atoms with Crippen LogP contribution in [0.2, 0.25) is 0 Å². The second-order valence-electron chi connectivity index (χ2n) is 4.87. The van der Waals surface area contributed by atoms with Crippen LogP contribution in [0.3, 0.4) is 0 Å². The Labute approximate surface area is 122 Å². The van der Waals surface area contributed by atoms with E-state index < -0.39 is 21.6 Å². The van der Waals surface area contributed by atoms with Gasteiger partial charge in [-0.2, -0.15) is 0 Å². The molecule has 0 aromatic heterocycles. The third kappa shape index (κ3) is 3.79. The number of sulfonamides is 1. The van der Waals surface area contributed by atoms with Gasteiger partial charge in [-0.1, -0.05) is 6.07 Å². The lowest BCUT2D eigenvalue weighted by molar-refractivity contribution is 0.0314. The SMILES string of the molecule is COC(=O)c1cccc(S(=O)(=O)NCC2(O)CCOC2)c1. The number of carbonyl (C=O) groups excluding carboxylic acids is 1. The Morgan fingerprint density at radius 3 is 2.90 bits per heavy atom. The molecule has 21 heavy (non-hydrogen) atoms. The highest BCUT2D eigenvalue weighted by Crippen LogP contribution is 2.19. The van der Waals surface area contributed by atoms with Crippen LogP contribution in [0.4, 0.5) is 0 Å². The van der Waals surface area contributed by atoms with E-state index in [2.05, 4.69) is 9.46 Å². The van der Waals surface area contributed by atoms with Gasteiger partial charge in [0.15, 0.2) is 0 Å². The van der Waals surface area contributed by atoms with Gasteiger partial charge in [0, 0.05) is 19.6 Å². The molecule has 2 N–H and O–H groups in total. The van der Waals surface area contributed by atoms with Crippen LogP contribution in [0.5, 0.6) is 0 Å². The average Bonchev–Trinajstić information content (AvgIpc) is 2.92. The molecule has 116 valence electrons. The molecule has 1 aromatic rings. The molecule has 0 spiro atoms. The summed E-state index contributed by atoms with van der Waals surface area (Å²) in [4.78, 5) is 11.4. The highest BCUT2D eigenvalue weighted by atomic mass is 32.2. The van der Waals surface area contributed by atoms with Gasteiger partial charge in [-0.15, -0.1) is 0 Å². The summed E-state index contributed by atoms with van der Waals surface area (Å²) in [6.07, 6.45) is 0.373. The van der Waals surface area contributed by atoms with Crippen molar-refractivity contribution in [1.29, 1.82) is 0 Å². The fourth-order valence-corrected chi connectivity index (χ4v) is 3.12. The van der Waals surface area contributed by atoms with Crippen molar-refractivity contribution in [3.05, 3.63) is 29.8 Å². The number of ether oxygens (including phenoxy) is 2. The monoisotopic (exact) mass is 315 g/mol. The zero-order chi connectivity index (χ0) is 15.5. The minimum absolute atomic E-state index is 0.0621. The van der Waals surface area contributed by atoms with E-state index in [1.165, 1.54) is 31.4 Å². The molecule has 2 rings (SSSR count). The van der Waals surface area contributed by atoms with E-state index in [0.29, 0.717) is 13.0 Å². The number of rotatable bonds is 5. The third-order valence-corrected chi connectivity index (χ3v) is 4.64. The maximum atomic E-state index is 12.2. The van der Waals surface area contributed by atoms with Crippen LogP contribution in [0, 0.1) is 0 Å². The largest absolute Gasteiger partial charge is 0.465 e. The number of aliphatic hydroxyl groups is 1. The lowest BCUT2D eigenvalue weighted by Crippen LogP contribution is -2.43. The minimum atomic E-state index is -3.82. The van der Waals surface area contributed by atoms with Gasteiger partial charge in [-0.25, -0.2) is 17.9 Å². The van der Waals surface area contributed by atoms with Crippen LogP contribution in [0.1, 0.15) is 16.8 Å². The van der Waals surface area contributed by atoms with Crippen LogP contribution in [-0.2, 0) is 19.5 Å². The lowest BCUT2D eigenvalue weighted by Gasteiger charge is -2.20. The molecule has 1 aliphatic heterocycles. The van der Waals surface area contributed by atoms with E-state index in [9.17, 15) is 18.3 Å². The summed E-state index contributed by atoms with van der Waals surface area (Å²) >= 11 is 0. The molecular weight excluding hydrogens is 298 g/mol. The molecule has 0 aliphatic carbocycles. The second-order valence-corrected chi connectivity index (χ2v) is 6.64. The second kappa shape index (κ2) is 6.10. The smallest absolute Gasteiger partial charge is 0.337 e. The summed E-state index contributed by atoms with van der Waals surface area (Å²) < 4.78 is 36.3. The van der Waals surface area contributed by atoms with Gasteiger partial charge in [0.2, 0.25) is 10.0 Å².